The van der Waals surface area contributed by atoms with Gasteiger partial charge < -0.3 is 15.5 Å². The van der Waals surface area contributed by atoms with Crippen LogP contribution in [0, 0.1) is 6.92 Å². The first-order valence-corrected chi connectivity index (χ1v) is 7.49. The van der Waals surface area contributed by atoms with Crippen LogP contribution in [0.1, 0.15) is 24.8 Å². The molecule has 0 spiro atoms. The topological polar surface area (TPSA) is 27.3 Å². The van der Waals surface area contributed by atoms with Gasteiger partial charge in [0.15, 0.2) is 5.11 Å². The molecule has 2 N–H and O–H groups in total. The Bertz CT molecular complexity index is 396. The smallest absolute Gasteiger partial charge is 0.170 e. The molecule has 19 heavy (non-hydrogen) atoms. The average molecular weight is 277 g/mol. The molecular formula is C15H23N3S. The molecule has 0 aromatic heterocycles. The lowest BCUT2D eigenvalue weighted by molar-refractivity contribution is 0.334. The van der Waals surface area contributed by atoms with Crippen molar-refractivity contribution in [3.63, 3.8) is 0 Å². The molecule has 3 nitrogen and oxygen atoms in total. The van der Waals surface area contributed by atoms with Gasteiger partial charge in [-0.3, -0.25) is 0 Å². The highest BCUT2D eigenvalue weighted by Gasteiger charge is 2.10. The van der Waals surface area contributed by atoms with E-state index in [0.29, 0.717) is 5.11 Å². The molecule has 1 fully saturated rings. The summed E-state index contributed by atoms with van der Waals surface area (Å²) in [6.07, 6.45) is 3.87. The fourth-order valence-electron chi connectivity index (χ4n) is 2.32. The summed E-state index contributed by atoms with van der Waals surface area (Å²) >= 11 is 5.28. The summed E-state index contributed by atoms with van der Waals surface area (Å²) in [6, 6.07) is 8.26. The van der Waals surface area contributed by atoms with Crippen molar-refractivity contribution in [3.8, 4) is 0 Å². The van der Waals surface area contributed by atoms with Crippen LogP contribution >= 0.6 is 12.2 Å². The average Bonchev–Trinajstić information content (AvgIpc) is 2.91. The van der Waals surface area contributed by atoms with E-state index in [1.807, 2.05) is 12.1 Å². The molecule has 1 aliphatic heterocycles. The molecule has 0 bridgehead atoms. The zero-order valence-corrected chi connectivity index (χ0v) is 12.4. The van der Waals surface area contributed by atoms with Crippen molar-refractivity contribution in [2.24, 2.45) is 0 Å². The fraction of sp³-hybridized carbons (Fsp3) is 0.533. The summed E-state index contributed by atoms with van der Waals surface area (Å²) in [4.78, 5) is 2.53. The minimum absolute atomic E-state index is 0.713. The number of nitrogens with zero attached hydrogens (tertiary/aromatic N) is 1. The largest absolute Gasteiger partial charge is 0.362 e. The standard InChI is InChI=1S/C15H23N3S/c1-13-5-7-14(8-6-13)17-15(19)16-9-4-12-18-10-2-3-11-18/h5-8H,2-4,9-12H2,1H3,(H2,16,17,19). The van der Waals surface area contributed by atoms with Crippen LogP contribution in [0.2, 0.25) is 0 Å². The zero-order chi connectivity index (χ0) is 13.5. The van der Waals surface area contributed by atoms with Crippen molar-refractivity contribution >= 4 is 23.0 Å². The molecular weight excluding hydrogens is 254 g/mol. The maximum absolute atomic E-state index is 5.28. The molecule has 2 rings (SSSR count). The Balaban J connectivity index is 1.60. The van der Waals surface area contributed by atoms with Gasteiger partial charge in [-0.2, -0.15) is 0 Å². The van der Waals surface area contributed by atoms with E-state index in [1.54, 1.807) is 0 Å². The van der Waals surface area contributed by atoms with E-state index < -0.39 is 0 Å². The van der Waals surface area contributed by atoms with Crippen LogP contribution in [0.15, 0.2) is 24.3 Å². The van der Waals surface area contributed by atoms with Crippen molar-refractivity contribution in [2.45, 2.75) is 26.2 Å². The maximum Gasteiger partial charge on any atom is 0.170 e. The Morgan fingerprint density at radius 3 is 2.58 bits per heavy atom. The Kier molecular flexibility index (Phi) is 5.61. The van der Waals surface area contributed by atoms with Gasteiger partial charge in [-0.15, -0.1) is 0 Å². The van der Waals surface area contributed by atoms with Crippen LogP contribution in [-0.4, -0.2) is 36.2 Å². The van der Waals surface area contributed by atoms with Crippen LogP contribution in [0.25, 0.3) is 0 Å². The number of nitrogens with one attached hydrogen (secondary N) is 2. The molecule has 1 aromatic rings. The number of thiocarbonyl (C=S) groups is 1. The van der Waals surface area contributed by atoms with E-state index in [0.717, 1.165) is 18.7 Å². The third-order valence-corrected chi connectivity index (χ3v) is 3.69. The molecule has 1 aliphatic rings. The van der Waals surface area contributed by atoms with Crippen LogP contribution in [0.5, 0.6) is 0 Å². The Morgan fingerprint density at radius 1 is 1.21 bits per heavy atom. The van der Waals surface area contributed by atoms with Gasteiger partial charge in [-0.1, -0.05) is 17.7 Å². The number of benzene rings is 1. The molecule has 0 saturated carbocycles. The third-order valence-electron chi connectivity index (χ3n) is 3.44. The van der Waals surface area contributed by atoms with Gasteiger partial charge in [0.1, 0.15) is 0 Å². The SMILES string of the molecule is Cc1ccc(NC(=S)NCCCN2CCCC2)cc1. The van der Waals surface area contributed by atoms with Crippen molar-refractivity contribution in [3.05, 3.63) is 29.8 Å². The molecule has 104 valence electrons. The molecule has 1 heterocycles. The third kappa shape index (κ3) is 5.17. The summed E-state index contributed by atoms with van der Waals surface area (Å²) in [5.74, 6) is 0. The molecule has 0 aliphatic carbocycles. The first-order chi connectivity index (χ1) is 9.24. The van der Waals surface area contributed by atoms with E-state index in [-0.39, 0.29) is 0 Å². The minimum Gasteiger partial charge on any atom is -0.362 e. The summed E-state index contributed by atoms with van der Waals surface area (Å²) < 4.78 is 0. The Labute approximate surface area is 121 Å². The van der Waals surface area contributed by atoms with Gasteiger partial charge in [0.25, 0.3) is 0 Å². The maximum atomic E-state index is 5.28. The molecule has 1 saturated heterocycles. The summed E-state index contributed by atoms with van der Waals surface area (Å²) in [5.41, 5.74) is 2.30. The highest BCUT2D eigenvalue weighted by molar-refractivity contribution is 7.80. The predicted octanol–water partition coefficient (Wildman–Crippen LogP) is 2.77. The van der Waals surface area contributed by atoms with Gasteiger partial charge in [-0.05, 0) is 70.2 Å². The van der Waals surface area contributed by atoms with Crippen LogP contribution in [0.3, 0.4) is 0 Å². The highest BCUT2D eigenvalue weighted by atomic mass is 32.1. The summed E-state index contributed by atoms with van der Waals surface area (Å²) in [7, 11) is 0. The predicted molar refractivity (Wildman–Crippen MR) is 85.7 cm³/mol. The Hall–Kier alpha value is -1.13. The number of anilines is 1. The molecule has 0 amide bonds. The lowest BCUT2D eigenvalue weighted by Crippen LogP contribution is -2.31. The monoisotopic (exact) mass is 277 g/mol. The number of likely N-dealkylation sites (tertiary alicyclic amines) is 1. The molecule has 0 radical (unpaired) electrons. The van der Waals surface area contributed by atoms with E-state index in [9.17, 15) is 0 Å². The lowest BCUT2D eigenvalue weighted by Gasteiger charge is -2.15. The van der Waals surface area contributed by atoms with E-state index in [4.69, 9.17) is 12.2 Å². The molecule has 4 heteroatoms. The Morgan fingerprint density at radius 2 is 1.89 bits per heavy atom. The second-order valence-electron chi connectivity index (χ2n) is 5.15. The molecule has 0 atom stereocenters. The summed E-state index contributed by atoms with van der Waals surface area (Å²) in [6.45, 7) is 6.74. The van der Waals surface area contributed by atoms with Crippen molar-refractivity contribution < 1.29 is 0 Å². The normalized spacial score (nSPS) is 15.4. The summed E-state index contributed by atoms with van der Waals surface area (Å²) in [5, 5.41) is 7.18. The number of hydrogen-bond donors (Lipinski definition) is 2. The van der Waals surface area contributed by atoms with E-state index in [1.165, 1.54) is 38.0 Å². The number of hydrogen-bond acceptors (Lipinski definition) is 2. The van der Waals surface area contributed by atoms with Crippen molar-refractivity contribution in [1.82, 2.24) is 10.2 Å². The highest BCUT2D eigenvalue weighted by Crippen LogP contribution is 2.08. The van der Waals surface area contributed by atoms with Gasteiger partial charge in [0.2, 0.25) is 0 Å². The van der Waals surface area contributed by atoms with Gasteiger partial charge in [0.05, 0.1) is 0 Å². The second kappa shape index (κ2) is 7.46. The fourth-order valence-corrected chi connectivity index (χ4v) is 2.54. The van der Waals surface area contributed by atoms with E-state index >= 15 is 0 Å². The van der Waals surface area contributed by atoms with Gasteiger partial charge >= 0.3 is 0 Å². The van der Waals surface area contributed by atoms with Crippen LogP contribution in [0.4, 0.5) is 5.69 Å². The van der Waals surface area contributed by atoms with E-state index in [2.05, 4.69) is 34.6 Å². The van der Waals surface area contributed by atoms with Crippen LogP contribution in [-0.2, 0) is 0 Å². The number of rotatable bonds is 5. The first-order valence-electron chi connectivity index (χ1n) is 7.08. The lowest BCUT2D eigenvalue weighted by atomic mass is 10.2. The number of aryl methyl sites for hydroxylation is 1. The van der Waals surface area contributed by atoms with Crippen molar-refractivity contribution in [1.29, 1.82) is 0 Å². The molecule has 0 unspecified atom stereocenters. The quantitative estimate of drug-likeness (QED) is 0.639. The van der Waals surface area contributed by atoms with Crippen molar-refractivity contribution in [2.75, 3.05) is 31.5 Å². The van der Waals surface area contributed by atoms with Gasteiger partial charge in [0, 0.05) is 12.2 Å². The zero-order valence-electron chi connectivity index (χ0n) is 11.6. The second-order valence-corrected chi connectivity index (χ2v) is 5.56. The minimum atomic E-state index is 0.713. The van der Waals surface area contributed by atoms with Crippen LogP contribution < -0.4 is 10.6 Å². The first kappa shape index (κ1) is 14.3. The molecule has 1 aromatic carbocycles. The van der Waals surface area contributed by atoms with Gasteiger partial charge in [-0.25, -0.2) is 0 Å².